The highest BCUT2D eigenvalue weighted by Gasteiger charge is 2.40. The molecule has 0 aliphatic heterocycles. The van der Waals surface area contributed by atoms with Crippen molar-refractivity contribution in [3.8, 4) is 0 Å². The largest absolute Gasteiger partial charge is 0.393 e. The van der Waals surface area contributed by atoms with Crippen LogP contribution in [0.4, 0.5) is 8.78 Å². The van der Waals surface area contributed by atoms with Gasteiger partial charge in [-0.25, -0.2) is 18.4 Å². The molecule has 0 bridgehead atoms. The fourth-order valence-corrected chi connectivity index (χ4v) is 2.28. The number of hydrogen-bond acceptors (Lipinski definition) is 4. The summed E-state index contributed by atoms with van der Waals surface area (Å²) in [4.78, 5) is 3.74. The van der Waals surface area contributed by atoms with Gasteiger partial charge in [0.05, 0.1) is 11.5 Å². The summed E-state index contributed by atoms with van der Waals surface area (Å²) >= 11 is 4.89. The molecule has 3 N–H and O–H groups in total. The van der Waals surface area contributed by atoms with Gasteiger partial charge in [-0.05, 0) is 18.2 Å². The number of aliphatic hydroxyl groups is 1. The van der Waals surface area contributed by atoms with Gasteiger partial charge in [0.1, 0.15) is 29.9 Å². The molecule has 0 spiro atoms. The smallest absolute Gasteiger partial charge is 0.137 e. The molecule has 2 atom stereocenters. The summed E-state index contributed by atoms with van der Waals surface area (Å²) in [6.45, 7) is 1.38. The van der Waals surface area contributed by atoms with Crippen molar-refractivity contribution in [3.63, 3.8) is 0 Å². The van der Waals surface area contributed by atoms with Crippen LogP contribution in [-0.4, -0.2) is 24.9 Å². The monoisotopic (exact) mass is 312 g/mol. The van der Waals surface area contributed by atoms with E-state index in [0.717, 1.165) is 18.2 Å². The Balaban J connectivity index is 2.54. The van der Waals surface area contributed by atoms with Gasteiger partial charge >= 0.3 is 0 Å². The van der Waals surface area contributed by atoms with E-state index >= 15 is 0 Å². The average Bonchev–Trinajstić information content (AvgIpc) is 2.93. The van der Waals surface area contributed by atoms with E-state index in [1.807, 2.05) is 0 Å². The molecule has 5 nitrogen and oxygen atoms in total. The lowest BCUT2D eigenvalue weighted by molar-refractivity contribution is -0.0155. The number of rotatable bonds is 5. The van der Waals surface area contributed by atoms with Gasteiger partial charge in [-0.3, -0.25) is 0 Å². The summed E-state index contributed by atoms with van der Waals surface area (Å²) in [5.74, 6) is -2.21. The zero-order valence-corrected chi connectivity index (χ0v) is 12.0. The van der Waals surface area contributed by atoms with Crippen LogP contribution in [0.2, 0.25) is 0 Å². The average molecular weight is 312 g/mol. The molecule has 0 radical (unpaired) electrons. The number of halogens is 2. The first kappa shape index (κ1) is 15.5. The minimum Gasteiger partial charge on any atom is -0.393 e. The van der Waals surface area contributed by atoms with Gasteiger partial charge in [0.15, 0.2) is 0 Å². The van der Waals surface area contributed by atoms with Crippen molar-refractivity contribution in [2.45, 2.75) is 19.1 Å². The molecule has 1 aromatic carbocycles. The van der Waals surface area contributed by atoms with Gasteiger partial charge in [0, 0.05) is 11.5 Å². The Morgan fingerprint density at radius 3 is 2.81 bits per heavy atom. The Hall–Kier alpha value is -1.93. The van der Waals surface area contributed by atoms with Gasteiger partial charge in [-0.15, -0.1) is 0 Å². The summed E-state index contributed by atoms with van der Waals surface area (Å²) in [7, 11) is 0. The van der Waals surface area contributed by atoms with E-state index < -0.39 is 23.2 Å². The molecule has 21 heavy (non-hydrogen) atoms. The lowest BCUT2D eigenvalue weighted by Gasteiger charge is -2.34. The van der Waals surface area contributed by atoms with Crippen LogP contribution < -0.4 is 5.73 Å². The van der Waals surface area contributed by atoms with Crippen LogP contribution in [0.3, 0.4) is 0 Å². The maximum absolute atomic E-state index is 14.1. The molecule has 0 aliphatic carbocycles. The molecule has 2 aromatic rings. The highest BCUT2D eigenvalue weighted by atomic mass is 32.1. The number of benzene rings is 1. The van der Waals surface area contributed by atoms with Crippen molar-refractivity contribution in [1.82, 2.24) is 14.8 Å². The minimum atomic E-state index is -1.84. The summed E-state index contributed by atoms with van der Waals surface area (Å²) < 4.78 is 28.8. The third kappa shape index (κ3) is 3.06. The van der Waals surface area contributed by atoms with E-state index in [0.29, 0.717) is 0 Å². The first-order chi connectivity index (χ1) is 9.84. The molecular formula is C13H14F2N4OS. The first-order valence-electron chi connectivity index (χ1n) is 6.14. The third-order valence-electron chi connectivity index (χ3n) is 3.41. The van der Waals surface area contributed by atoms with Crippen LogP contribution in [0.25, 0.3) is 0 Å². The zero-order valence-electron chi connectivity index (χ0n) is 11.2. The number of nitrogens with two attached hydrogens (primary N) is 1. The Kier molecular flexibility index (Phi) is 4.29. The lowest BCUT2D eigenvalue weighted by Crippen LogP contribution is -2.44. The van der Waals surface area contributed by atoms with Crippen molar-refractivity contribution < 1.29 is 13.9 Å². The molecule has 112 valence electrons. The van der Waals surface area contributed by atoms with E-state index in [1.165, 1.54) is 17.3 Å². The Morgan fingerprint density at radius 1 is 1.52 bits per heavy atom. The normalized spacial score (nSPS) is 15.4. The Bertz CT molecular complexity index is 650. The van der Waals surface area contributed by atoms with E-state index in [9.17, 15) is 13.9 Å². The molecule has 1 heterocycles. The van der Waals surface area contributed by atoms with E-state index in [2.05, 4.69) is 10.1 Å². The topological polar surface area (TPSA) is 77.0 Å². The summed E-state index contributed by atoms with van der Waals surface area (Å²) in [6.07, 6.45) is 2.63. The molecule has 0 aliphatic rings. The maximum atomic E-state index is 14.1. The molecule has 2 rings (SSSR count). The Labute approximate surface area is 125 Å². The SMILES string of the molecule is C[C@@H](C(N)=S)C(O)(Cn1cncn1)c1cc(F)ccc1F. The second-order valence-electron chi connectivity index (χ2n) is 4.77. The van der Waals surface area contributed by atoms with Gasteiger partial charge in [-0.1, -0.05) is 19.1 Å². The zero-order chi connectivity index (χ0) is 15.6. The molecule has 0 fully saturated rings. The van der Waals surface area contributed by atoms with Gasteiger partial charge in [0.2, 0.25) is 0 Å². The molecule has 8 heteroatoms. The van der Waals surface area contributed by atoms with Crippen LogP contribution >= 0.6 is 12.2 Å². The quantitative estimate of drug-likeness (QED) is 0.815. The van der Waals surface area contributed by atoms with Crippen molar-refractivity contribution in [2.24, 2.45) is 11.7 Å². The van der Waals surface area contributed by atoms with Crippen molar-refractivity contribution in [2.75, 3.05) is 0 Å². The molecule has 1 unspecified atom stereocenters. The van der Waals surface area contributed by atoms with Gasteiger partial charge in [-0.2, -0.15) is 5.10 Å². The molecule has 0 amide bonds. The van der Waals surface area contributed by atoms with Gasteiger partial charge in [0.25, 0.3) is 0 Å². The number of nitrogens with zero attached hydrogens (tertiary/aromatic N) is 3. The highest BCUT2D eigenvalue weighted by Crippen LogP contribution is 2.34. The predicted molar refractivity (Wildman–Crippen MR) is 76.2 cm³/mol. The minimum absolute atomic E-state index is 0.0127. The van der Waals surface area contributed by atoms with Crippen LogP contribution in [-0.2, 0) is 12.1 Å². The van der Waals surface area contributed by atoms with E-state index in [4.69, 9.17) is 18.0 Å². The highest BCUT2D eigenvalue weighted by molar-refractivity contribution is 7.80. The van der Waals surface area contributed by atoms with Crippen molar-refractivity contribution in [3.05, 3.63) is 48.1 Å². The predicted octanol–water partition coefficient (Wildman–Crippen LogP) is 1.37. The second kappa shape index (κ2) is 5.82. The lowest BCUT2D eigenvalue weighted by atomic mass is 9.81. The van der Waals surface area contributed by atoms with E-state index in [-0.39, 0.29) is 17.1 Å². The molecule has 1 aromatic heterocycles. The second-order valence-corrected chi connectivity index (χ2v) is 5.24. The number of aromatic nitrogens is 3. The molecule has 0 saturated heterocycles. The fraction of sp³-hybridized carbons (Fsp3) is 0.308. The van der Waals surface area contributed by atoms with Gasteiger partial charge < -0.3 is 10.8 Å². The van der Waals surface area contributed by atoms with Crippen LogP contribution in [0, 0.1) is 17.6 Å². The van der Waals surface area contributed by atoms with Crippen LogP contribution in [0.5, 0.6) is 0 Å². The van der Waals surface area contributed by atoms with Crippen LogP contribution in [0.1, 0.15) is 12.5 Å². The maximum Gasteiger partial charge on any atom is 0.137 e. The first-order valence-corrected chi connectivity index (χ1v) is 6.55. The van der Waals surface area contributed by atoms with Crippen molar-refractivity contribution >= 4 is 17.2 Å². The van der Waals surface area contributed by atoms with E-state index in [1.54, 1.807) is 6.92 Å². The standard InChI is InChI=1S/C13H14F2N4OS/c1-8(12(16)21)13(20,5-19-7-17-6-18-19)10-4-9(14)2-3-11(10)15/h2-4,6-8,20H,5H2,1H3,(H2,16,21)/t8-,13?/m0/s1. The molecular weight excluding hydrogens is 298 g/mol. The Morgan fingerprint density at radius 2 is 2.24 bits per heavy atom. The fourth-order valence-electron chi connectivity index (χ4n) is 2.08. The molecule has 0 saturated carbocycles. The number of hydrogen-bond donors (Lipinski definition) is 2. The third-order valence-corrected chi connectivity index (χ3v) is 3.76. The summed E-state index contributed by atoms with van der Waals surface area (Å²) in [5, 5.41) is 14.8. The van der Waals surface area contributed by atoms with Crippen LogP contribution in [0.15, 0.2) is 30.9 Å². The summed E-state index contributed by atoms with van der Waals surface area (Å²) in [6, 6.07) is 2.85. The van der Waals surface area contributed by atoms with Crippen molar-refractivity contribution in [1.29, 1.82) is 0 Å². The number of thiocarbonyl (C=S) groups is 1. The summed E-state index contributed by atoms with van der Waals surface area (Å²) in [5.41, 5.74) is 3.52.